The summed E-state index contributed by atoms with van der Waals surface area (Å²) in [6.45, 7) is 13.1. The molecule has 24 heavy (non-hydrogen) atoms. The second-order valence-electron chi connectivity index (χ2n) is 6.61. The molecule has 0 bridgehead atoms. The van der Waals surface area contributed by atoms with Gasteiger partial charge in [-0.05, 0) is 18.3 Å². The van der Waals surface area contributed by atoms with E-state index in [9.17, 15) is 0 Å². The first-order valence-electron chi connectivity index (χ1n) is 9.15. The van der Waals surface area contributed by atoms with Crippen LogP contribution in [0.3, 0.4) is 0 Å². The fourth-order valence-electron chi connectivity index (χ4n) is 1.81. The molecule has 0 radical (unpaired) electrons. The second-order valence-corrected chi connectivity index (χ2v) is 8.37. The summed E-state index contributed by atoms with van der Waals surface area (Å²) in [5.74, 6) is 3.56. The summed E-state index contributed by atoms with van der Waals surface area (Å²) in [6.07, 6.45) is 3.32. The fraction of sp³-hybridized carbons (Fsp3) is 0.700. The molecule has 0 aliphatic heterocycles. The van der Waals surface area contributed by atoms with Gasteiger partial charge in [-0.1, -0.05) is 70.1 Å². The highest BCUT2D eigenvalue weighted by atomic mass is 127. The van der Waals surface area contributed by atoms with Gasteiger partial charge in [0.25, 0.3) is 0 Å². The highest BCUT2D eigenvalue weighted by Gasteiger charge is 2.09. The average molecular weight is 448 g/mol. The molecule has 1 rings (SSSR count). The van der Waals surface area contributed by atoms with Gasteiger partial charge in [-0.25, -0.2) is 0 Å². The lowest BCUT2D eigenvalue weighted by atomic mass is 10.1. The molecule has 3 nitrogen and oxygen atoms in total. The topological polar surface area (TPSA) is 27.7 Å². The molecular formula is C20H33IO3. The monoisotopic (exact) mass is 448 g/mol. The van der Waals surface area contributed by atoms with Gasteiger partial charge in [-0.2, -0.15) is 0 Å². The zero-order chi connectivity index (χ0) is 17.9. The summed E-state index contributed by atoms with van der Waals surface area (Å²) in [7, 11) is 0. The van der Waals surface area contributed by atoms with Crippen LogP contribution in [-0.2, 0) is 0 Å². The minimum Gasteiger partial charge on any atom is -0.493 e. The van der Waals surface area contributed by atoms with Gasteiger partial charge in [0.2, 0.25) is 0 Å². The molecule has 1 aromatic carbocycles. The van der Waals surface area contributed by atoms with Crippen LogP contribution in [0, 0.1) is 11.8 Å². The molecule has 0 heterocycles. The van der Waals surface area contributed by atoms with Gasteiger partial charge in [0.1, 0.15) is 17.2 Å². The number of halogens is 1. The number of alkyl halides is 1. The molecule has 0 N–H and O–H groups in total. The number of hydrogen-bond donors (Lipinski definition) is 0. The van der Waals surface area contributed by atoms with Crippen molar-refractivity contribution < 1.29 is 14.2 Å². The van der Waals surface area contributed by atoms with E-state index in [-0.39, 0.29) is 0 Å². The van der Waals surface area contributed by atoms with Crippen molar-refractivity contribution in [2.24, 2.45) is 11.8 Å². The van der Waals surface area contributed by atoms with E-state index >= 15 is 0 Å². The molecule has 0 saturated heterocycles. The Morgan fingerprint density at radius 1 is 0.708 bits per heavy atom. The van der Waals surface area contributed by atoms with Gasteiger partial charge in [0.15, 0.2) is 0 Å². The number of benzene rings is 1. The maximum absolute atomic E-state index is 5.94. The Labute approximate surface area is 161 Å². The molecule has 0 saturated carbocycles. The first kappa shape index (κ1) is 21.4. The lowest BCUT2D eigenvalue weighted by Gasteiger charge is -2.17. The van der Waals surface area contributed by atoms with Gasteiger partial charge in [0.05, 0.1) is 19.8 Å². The number of ether oxygens (including phenoxy) is 3. The van der Waals surface area contributed by atoms with Gasteiger partial charge >= 0.3 is 0 Å². The van der Waals surface area contributed by atoms with Crippen molar-refractivity contribution in [1.82, 2.24) is 0 Å². The minimum atomic E-state index is 0.511. The summed E-state index contributed by atoms with van der Waals surface area (Å²) in [5, 5.41) is 0. The van der Waals surface area contributed by atoms with E-state index in [0.29, 0.717) is 35.6 Å². The smallest absolute Gasteiger partial charge is 0.126 e. The van der Waals surface area contributed by atoms with Gasteiger partial charge < -0.3 is 14.2 Å². The largest absolute Gasteiger partial charge is 0.493 e. The Morgan fingerprint density at radius 2 is 1.08 bits per heavy atom. The predicted molar refractivity (Wildman–Crippen MR) is 110 cm³/mol. The fourth-order valence-corrected chi connectivity index (χ4v) is 1.99. The van der Waals surface area contributed by atoms with Crippen molar-refractivity contribution in [3.63, 3.8) is 0 Å². The molecule has 0 amide bonds. The second kappa shape index (κ2) is 11.8. The van der Waals surface area contributed by atoms with Crippen LogP contribution < -0.4 is 14.2 Å². The molecule has 0 aliphatic rings. The number of rotatable bonds is 12. The molecule has 4 heteroatoms. The summed E-state index contributed by atoms with van der Waals surface area (Å²) < 4.78 is 18.3. The van der Waals surface area contributed by atoms with Crippen LogP contribution in [0.1, 0.15) is 53.9 Å². The van der Waals surface area contributed by atoms with Crippen molar-refractivity contribution in [3.8, 4) is 17.2 Å². The Morgan fingerprint density at radius 3 is 1.42 bits per heavy atom. The Balaban J connectivity index is 2.79. The zero-order valence-electron chi connectivity index (χ0n) is 15.8. The predicted octanol–water partition coefficient (Wildman–Crippen LogP) is 6.13. The standard InChI is InChI=1S/C20H33IO3/c1-6-15(4)12-22-18-9-19(23-13-16(5)7-2)11-20(10-18)24-14-17(21)8-3/h9-11,15-17H,6-8,12-14H2,1-5H3. The van der Waals surface area contributed by atoms with Crippen LogP contribution in [0.2, 0.25) is 0 Å². The Bertz CT molecular complexity index is 385. The van der Waals surface area contributed by atoms with E-state index in [4.69, 9.17) is 14.2 Å². The van der Waals surface area contributed by atoms with E-state index in [1.54, 1.807) is 0 Å². The Hall–Kier alpha value is -0.650. The van der Waals surface area contributed by atoms with E-state index < -0.39 is 0 Å². The van der Waals surface area contributed by atoms with Crippen LogP contribution in [0.25, 0.3) is 0 Å². The molecule has 0 spiro atoms. The molecule has 0 aromatic heterocycles. The third kappa shape index (κ3) is 8.45. The third-order valence-corrected chi connectivity index (χ3v) is 5.43. The lowest BCUT2D eigenvalue weighted by Crippen LogP contribution is -2.11. The summed E-state index contributed by atoms with van der Waals surface area (Å²) >= 11 is 2.42. The van der Waals surface area contributed by atoms with Gasteiger partial charge in [0, 0.05) is 22.1 Å². The molecule has 1 aromatic rings. The summed E-state index contributed by atoms with van der Waals surface area (Å²) in [5.41, 5.74) is 0. The SMILES string of the molecule is CCC(C)COc1cc(OCC(C)CC)cc(OCC(I)CC)c1. The molecule has 3 unspecified atom stereocenters. The van der Waals surface area contributed by atoms with E-state index in [2.05, 4.69) is 57.2 Å². The van der Waals surface area contributed by atoms with Crippen LogP contribution in [0.4, 0.5) is 0 Å². The molecule has 138 valence electrons. The highest BCUT2D eigenvalue weighted by Crippen LogP contribution is 2.29. The Kier molecular flexibility index (Phi) is 10.5. The van der Waals surface area contributed by atoms with E-state index in [1.807, 2.05) is 18.2 Å². The molecule has 0 aliphatic carbocycles. The lowest BCUT2D eigenvalue weighted by molar-refractivity contribution is 0.240. The normalized spacial score (nSPS) is 14.8. The summed E-state index contributed by atoms with van der Waals surface area (Å²) in [6, 6.07) is 5.91. The van der Waals surface area contributed by atoms with Gasteiger partial charge in [-0.15, -0.1) is 0 Å². The van der Waals surface area contributed by atoms with Crippen LogP contribution in [-0.4, -0.2) is 23.7 Å². The average Bonchev–Trinajstić information content (AvgIpc) is 2.61. The quantitative estimate of drug-likeness (QED) is 0.285. The molecule has 0 fully saturated rings. The molecule has 3 atom stereocenters. The summed E-state index contributed by atoms with van der Waals surface area (Å²) in [4.78, 5) is 0. The highest BCUT2D eigenvalue weighted by molar-refractivity contribution is 14.1. The maximum Gasteiger partial charge on any atom is 0.126 e. The van der Waals surface area contributed by atoms with Gasteiger partial charge in [-0.3, -0.25) is 0 Å². The first-order chi connectivity index (χ1) is 11.5. The zero-order valence-corrected chi connectivity index (χ0v) is 18.0. The maximum atomic E-state index is 5.94. The number of hydrogen-bond acceptors (Lipinski definition) is 3. The molecular weight excluding hydrogens is 415 g/mol. The van der Waals surface area contributed by atoms with Crippen LogP contribution >= 0.6 is 22.6 Å². The van der Waals surface area contributed by atoms with Crippen molar-refractivity contribution in [1.29, 1.82) is 0 Å². The van der Waals surface area contributed by atoms with Crippen LogP contribution in [0.5, 0.6) is 17.2 Å². The third-order valence-electron chi connectivity index (χ3n) is 4.19. The minimum absolute atomic E-state index is 0.511. The van der Waals surface area contributed by atoms with E-state index in [1.165, 1.54) is 0 Å². The van der Waals surface area contributed by atoms with Crippen molar-refractivity contribution in [2.75, 3.05) is 19.8 Å². The van der Waals surface area contributed by atoms with Crippen molar-refractivity contribution in [2.45, 2.75) is 57.8 Å². The first-order valence-corrected chi connectivity index (χ1v) is 10.4. The van der Waals surface area contributed by atoms with Crippen molar-refractivity contribution in [3.05, 3.63) is 18.2 Å². The van der Waals surface area contributed by atoms with Crippen LogP contribution in [0.15, 0.2) is 18.2 Å². The van der Waals surface area contributed by atoms with Crippen molar-refractivity contribution >= 4 is 22.6 Å². The van der Waals surface area contributed by atoms with E-state index in [0.717, 1.165) is 36.5 Å².